The number of rotatable bonds is 5. The predicted octanol–water partition coefficient (Wildman–Crippen LogP) is 3.67. The first-order chi connectivity index (χ1) is 13.2. The predicted molar refractivity (Wildman–Crippen MR) is 106 cm³/mol. The molecule has 1 aliphatic heterocycles. The smallest absolute Gasteiger partial charge is 0.253 e. The van der Waals surface area contributed by atoms with Gasteiger partial charge in [0.1, 0.15) is 11.9 Å². The molecule has 6 heteroatoms. The van der Waals surface area contributed by atoms with Gasteiger partial charge < -0.3 is 15.4 Å². The summed E-state index contributed by atoms with van der Waals surface area (Å²) in [6.07, 6.45) is 1.39. The summed E-state index contributed by atoms with van der Waals surface area (Å²) < 4.78 is 5.43. The van der Waals surface area contributed by atoms with E-state index in [0.717, 1.165) is 46.6 Å². The molecule has 4 rings (SSSR count). The molecule has 0 spiro atoms. The van der Waals surface area contributed by atoms with Crippen LogP contribution in [0.3, 0.4) is 0 Å². The highest BCUT2D eigenvalue weighted by Gasteiger charge is 2.23. The number of aromatic nitrogens is 2. The van der Waals surface area contributed by atoms with Crippen LogP contribution in [0, 0.1) is 6.92 Å². The number of ether oxygens (including phenoxy) is 1. The maximum Gasteiger partial charge on any atom is 0.253 e. The standard InChI is InChI=1S/C21H22N4O2/c1-14-20(25-18-9-3-2-8-17(18)23-14)22-13-15-6-4-7-16(12-15)24-21(26)19-10-5-11-27-19/h2-4,6-9,12,19H,5,10-11,13H2,1H3,(H,22,25)(H,24,26)/t19-/m1/s1. The summed E-state index contributed by atoms with van der Waals surface area (Å²) in [6.45, 7) is 3.20. The van der Waals surface area contributed by atoms with Gasteiger partial charge in [0.05, 0.1) is 16.7 Å². The molecule has 0 saturated carbocycles. The maximum absolute atomic E-state index is 12.2. The number of fused-ring (bicyclic) bond motifs is 1. The van der Waals surface area contributed by atoms with E-state index < -0.39 is 0 Å². The Hall–Kier alpha value is -2.99. The lowest BCUT2D eigenvalue weighted by molar-refractivity contribution is -0.124. The zero-order valence-corrected chi connectivity index (χ0v) is 15.2. The highest BCUT2D eigenvalue weighted by atomic mass is 16.5. The number of anilines is 2. The molecule has 2 heterocycles. The van der Waals surface area contributed by atoms with Crippen LogP contribution in [0.4, 0.5) is 11.5 Å². The van der Waals surface area contributed by atoms with Gasteiger partial charge in [-0.25, -0.2) is 9.97 Å². The molecular weight excluding hydrogens is 340 g/mol. The fraction of sp³-hybridized carbons (Fsp3) is 0.286. The van der Waals surface area contributed by atoms with Crippen molar-refractivity contribution in [1.29, 1.82) is 0 Å². The van der Waals surface area contributed by atoms with E-state index in [4.69, 9.17) is 4.74 Å². The molecule has 3 aromatic rings. The Balaban J connectivity index is 1.44. The lowest BCUT2D eigenvalue weighted by Crippen LogP contribution is -2.26. The first kappa shape index (κ1) is 17.4. The number of hydrogen-bond donors (Lipinski definition) is 2. The van der Waals surface area contributed by atoms with E-state index >= 15 is 0 Å². The SMILES string of the molecule is Cc1nc2ccccc2nc1NCc1cccc(NC(=O)[C@H]2CCCO2)c1. The maximum atomic E-state index is 12.2. The topological polar surface area (TPSA) is 76.1 Å². The van der Waals surface area contributed by atoms with Crippen molar-refractivity contribution in [1.82, 2.24) is 9.97 Å². The van der Waals surface area contributed by atoms with E-state index in [-0.39, 0.29) is 12.0 Å². The molecule has 1 atom stereocenters. The average molecular weight is 362 g/mol. The molecule has 138 valence electrons. The lowest BCUT2D eigenvalue weighted by atomic mass is 10.2. The Morgan fingerprint density at radius 1 is 1.15 bits per heavy atom. The molecule has 0 aliphatic carbocycles. The van der Waals surface area contributed by atoms with E-state index in [2.05, 4.69) is 20.6 Å². The summed E-state index contributed by atoms with van der Waals surface area (Å²) in [5, 5.41) is 6.28. The quantitative estimate of drug-likeness (QED) is 0.724. The number of para-hydroxylation sites is 2. The Bertz CT molecular complexity index is 967. The minimum absolute atomic E-state index is 0.0751. The van der Waals surface area contributed by atoms with Crippen LogP contribution in [0.2, 0.25) is 0 Å². The molecule has 1 aromatic heterocycles. The summed E-state index contributed by atoms with van der Waals surface area (Å²) in [5.41, 5.74) is 4.43. The number of amides is 1. The number of hydrogen-bond acceptors (Lipinski definition) is 5. The van der Waals surface area contributed by atoms with Gasteiger partial charge >= 0.3 is 0 Å². The van der Waals surface area contributed by atoms with Gasteiger partial charge in [-0.1, -0.05) is 24.3 Å². The van der Waals surface area contributed by atoms with Gasteiger partial charge in [0.2, 0.25) is 0 Å². The van der Waals surface area contributed by atoms with Gasteiger partial charge in [-0.3, -0.25) is 4.79 Å². The van der Waals surface area contributed by atoms with E-state index in [1.165, 1.54) is 0 Å². The highest BCUT2D eigenvalue weighted by molar-refractivity contribution is 5.94. The minimum Gasteiger partial charge on any atom is -0.368 e. The minimum atomic E-state index is -0.331. The normalized spacial score (nSPS) is 16.4. The van der Waals surface area contributed by atoms with E-state index in [1.807, 2.05) is 55.5 Å². The molecule has 0 bridgehead atoms. The van der Waals surface area contributed by atoms with Gasteiger partial charge in [-0.15, -0.1) is 0 Å². The van der Waals surface area contributed by atoms with E-state index in [1.54, 1.807) is 0 Å². The largest absolute Gasteiger partial charge is 0.368 e. The summed E-state index contributed by atoms with van der Waals surface area (Å²) in [5.74, 6) is 0.691. The third-order valence-electron chi connectivity index (χ3n) is 4.62. The molecule has 2 N–H and O–H groups in total. The van der Waals surface area contributed by atoms with Crippen LogP contribution in [0.1, 0.15) is 24.1 Å². The van der Waals surface area contributed by atoms with Crippen LogP contribution in [-0.2, 0) is 16.1 Å². The van der Waals surface area contributed by atoms with Crippen LogP contribution >= 0.6 is 0 Å². The number of aryl methyl sites for hydroxylation is 1. The molecule has 1 saturated heterocycles. The van der Waals surface area contributed by atoms with Crippen LogP contribution in [-0.4, -0.2) is 28.6 Å². The van der Waals surface area contributed by atoms with Gasteiger partial charge in [-0.2, -0.15) is 0 Å². The Kier molecular flexibility index (Phi) is 4.98. The van der Waals surface area contributed by atoms with Crippen molar-refractivity contribution in [3.05, 3.63) is 59.8 Å². The molecular formula is C21H22N4O2. The second kappa shape index (κ2) is 7.72. The monoisotopic (exact) mass is 362 g/mol. The van der Waals surface area contributed by atoms with Crippen molar-refractivity contribution in [2.24, 2.45) is 0 Å². The Morgan fingerprint density at radius 3 is 2.74 bits per heavy atom. The van der Waals surface area contributed by atoms with Gasteiger partial charge in [0, 0.05) is 18.8 Å². The molecule has 1 aliphatic rings. The van der Waals surface area contributed by atoms with Crippen molar-refractivity contribution in [3.63, 3.8) is 0 Å². The van der Waals surface area contributed by atoms with Crippen molar-refractivity contribution < 1.29 is 9.53 Å². The molecule has 27 heavy (non-hydrogen) atoms. The Labute approximate surface area is 158 Å². The fourth-order valence-corrected chi connectivity index (χ4v) is 3.21. The van der Waals surface area contributed by atoms with E-state index in [0.29, 0.717) is 13.2 Å². The molecule has 1 amide bonds. The fourth-order valence-electron chi connectivity index (χ4n) is 3.21. The van der Waals surface area contributed by atoms with Crippen molar-refractivity contribution >= 4 is 28.4 Å². The second-order valence-electron chi connectivity index (χ2n) is 6.69. The van der Waals surface area contributed by atoms with Crippen LogP contribution in [0.15, 0.2) is 48.5 Å². The number of carbonyl (C=O) groups is 1. The zero-order valence-electron chi connectivity index (χ0n) is 15.2. The first-order valence-electron chi connectivity index (χ1n) is 9.18. The average Bonchev–Trinajstić information content (AvgIpc) is 3.22. The summed E-state index contributed by atoms with van der Waals surface area (Å²) >= 11 is 0. The third kappa shape index (κ3) is 4.06. The number of nitrogens with one attached hydrogen (secondary N) is 2. The number of carbonyl (C=O) groups excluding carboxylic acids is 1. The second-order valence-corrected chi connectivity index (χ2v) is 6.69. The summed E-state index contributed by atoms with van der Waals surface area (Å²) in [6, 6.07) is 15.6. The van der Waals surface area contributed by atoms with Crippen molar-refractivity contribution in [2.75, 3.05) is 17.2 Å². The third-order valence-corrected chi connectivity index (χ3v) is 4.62. The molecule has 0 radical (unpaired) electrons. The van der Waals surface area contributed by atoms with Crippen molar-refractivity contribution in [3.8, 4) is 0 Å². The zero-order chi connectivity index (χ0) is 18.6. The lowest BCUT2D eigenvalue weighted by Gasteiger charge is -2.12. The molecule has 0 unspecified atom stereocenters. The first-order valence-corrected chi connectivity index (χ1v) is 9.18. The van der Waals surface area contributed by atoms with Crippen molar-refractivity contribution in [2.45, 2.75) is 32.4 Å². The highest BCUT2D eigenvalue weighted by Crippen LogP contribution is 2.19. The summed E-state index contributed by atoms with van der Waals surface area (Å²) in [4.78, 5) is 21.5. The summed E-state index contributed by atoms with van der Waals surface area (Å²) in [7, 11) is 0. The number of nitrogens with zero attached hydrogens (tertiary/aromatic N) is 2. The molecule has 6 nitrogen and oxygen atoms in total. The van der Waals surface area contributed by atoms with Crippen LogP contribution < -0.4 is 10.6 Å². The van der Waals surface area contributed by atoms with Crippen LogP contribution in [0.25, 0.3) is 11.0 Å². The van der Waals surface area contributed by atoms with Gasteiger partial charge in [-0.05, 0) is 49.6 Å². The van der Waals surface area contributed by atoms with E-state index in [9.17, 15) is 4.79 Å². The number of benzene rings is 2. The molecule has 2 aromatic carbocycles. The van der Waals surface area contributed by atoms with Gasteiger partial charge in [0.25, 0.3) is 5.91 Å². The van der Waals surface area contributed by atoms with Gasteiger partial charge in [0.15, 0.2) is 0 Å². The van der Waals surface area contributed by atoms with Crippen LogP contribution in [0.5, 0.6) is 0 Å². The Morgan fingerprint density at radius 2 is 1.96 bits per heavy atom. The molecule has 1 fully saturated rings.